The lowest BCUT2D eigenvalue weighted by Crippen LogP contribution is -2.35. The fraction of sp³-hybridized carbons (Fsp3) is 1.00. The summed E-state index contributed by atoms with van der Waals surface area (Å²) in [7, 11) is 0. The van der Waals surface area contributed by atoms with Crippen molar-refractivity contribution in [1.82, 2.24) is 0 Å². The predicted molar refractivity (Wildman–Crippen MR) is 56.4 cm³/mol. The third-order valence-corrected chi connectivity index (χ3v) is 2.99. The Morgan fingerprint density at radius 2 is 2.00 bits per heavy atom. The number of ether oxygens (including phenoxy) is 3. The minimum atomic E-state index is -0.513. The number of hydrogen-bond acceptors (Lipinski definition) is 4. The summed E-state index contributed by atoms with van der Waals surface area (Å²) in [5.41, 5.74) is 6.02. The molecule has 0 amide bonds. The number of rotatable bonds is 3. The SMILES string of the molecule is CCCOC1CC(N)C2OC(C)(C)OC12. The van der Waals surface area contributed by atoms with Crippen LogP contribution >= 0.6 is 0 Å². The van der Waals surface area contributed by atoms with Gasteiger partial charge in [0.1, 0.15) is 12.2 Å². The lowest BCUT2D eigenvalue weighted by atomic mass is 10.2. The van der Waals surface area contributed by atoms with Crippen molar-refractivity contribution in [2.24, 2.45) is 5.73 Å². The van der Waals surface area contributed by atoms with Gasteiger partial charge in [0.2, 0.25) is 0 Å². The maximum Gasteiger partial charge on any atom is 0.163 e. The Labute approximate surface area is 91.1 Å². The minimum Gasteiger partial charge on any atom is -0.375 e. The molecule has 0 radical (unpaired) electrons. The van der Waals surface area contributed by atoms with E-state index in [1.165, 1.54) is 0 Å². The van der Waals surface area contributed by atoms with E-state index in [2.05, 4.69) is 6.92 Å². The van der Waals surface area contributed by atoms with E-state index < -0.39 is 5.79 Å². The van der Waals surface area contributed by atoms with E-state index in [9.17, 15) is 0 Å². The number of hydrogen-bond donors (Lipinski definition) is 1. The Bertz CT molecular complexity index is 232. The smallest absolute Gasteiger partial charge is 0.163 e. The largest absolute Gasteiger partial charge is 0.375 e. The van der Waals surface area contributed by atoms with E-state index in [4.69, 9.17) is 19.9 Å². The van der Waals surface area contributed by atoms with Gasteiger partial charge in [0.05, 0.1) is 6.10 Å². The van der Waals surface area contributed by atoms with Crippen LogP contribution in [0.15, 0.2) is 0 Å². The quantitative estimate of drug-likeness (QED) is 0.764. The third-order valence-electron chi connectivity index (χ3n) is 2.99. The lowest BCUT2D eigenvalue weighted by Gasteiger charge is -2.22. The molecule has 1 heterocycles. The highest BCUT2D eigenvalue weighted by Crippen LogP contribution is 2.38. The summed E-state index contributed by atoms with van der Waals surface area (Å²) in [4.78, 5) is 0. The fourth-order valence-corrected chi connectivity index (χ4v) is 2.40. The molecule has 2 fully saturated rings. The van der Waals surface area contributed by atoms with Crippen molar-refractivity contribution in [3.8, 4) is 0 Å². The molecule has 88 valence electrons. The first kappa shape index (κ1) is 11.3. The van der Waals surface area contributed by atoms with Gasteiger partial charge >= 0.3 is 0 Å². The maximum atomic E-state index is 6.02. The molecule has 1 saturated heterocycles. The summed E-state index contributed by atoms with van der Waals surface area (Å²) in [6.45, 7) is 6.72. The first-order valence-electron chi connectivity index (χ1n) is 5.76. The molecule has 4 atom stereocenters. The Morgan fingerprint density at radius 1 is 1.33 bits per heavy atom. The molecular weight excluding hydrogens is 194 g/mol. The summed E-state index contributed by atoms with van der Waals surface area (Å²) < 4.78 is 17.3. The van der Waals surface area contributed by atoms with E-state index in [1.807, 2.05) is 13.8 Å². The number of nitrogens with two attached hydrogens (primary N) is 1. The van der Waals surface area contributed by atoms with Crippen LogP contribution in [0.5, 0.6) is 0 Å². The first-order chi connectivity index (χ1) is 7.03. The fourth-order valence-electron chi connectivity index (χ4n) is 2.40. The molecule has 2 N–H and O–H groups in total. The highest BCUT2D eigenvalue weighted by Gasteiger charge is 2.53. The second-order valence-electron chi connectivity index (χ2n) is 4.87. The minimum absolute atomic E-state index is 0.00172. The van der Waals surface area contributed by atoms with Gasteiger partial charge in [0.25, 0.3) is 0 Å². The van der Waals surface area contributed by atoms with Crippen LogP contribution in [-0.4, -0.2) is 36.7 Å². The van der Waals surface area contributed by atoms with E-state index in [0.29, 0.717) is 0 Å². The van der Waals surface area contributed by atoms with Gasteiger partial charge in [-0.3, -0.25) is 0 Å². The zero-order chi connectivity index (χ0) is 11.1. The normalized spacial score (nSPS) is 43.2. The van der Waals surface area contributed by atoms with Crippen molar-refractivity contribution in [2.45, 2.75) is 63.8 Å². The Balaban J connectivity index is 1.99. The Morgan fingerprint density at radius 3 is 2.67 bits per heavy atom. The zero-order valence-corrected chi connectivity index (χ0v) is 9.73. The van der Waals surface area contributed by atoms with Crippen LogP contribution in [0.4, 0.5) is 0 Å². The zero-order valence-electron chi connectivity index (χ0n) is 9.73. The van der Waals surface area contributed by atoms with Gasteiger partial charge in [-0.15, -0.1) is 0 Å². The van der Waals surface area contributed by atoms with Crippen molar-refractivity contribution >= 4 is 0 Å². The molecule has 15 heavy (non-hydrogen) atoms. The monoisotopic (exact) mass is 215 g/mol. The van der Waals surface area contributed by atoms with Gasteiger partial charge in [-0.2, -0.15) is 0 Å². The molecular formula is C11H21NO3. The molecule has 1 aliphatic heterocycles. The van der Waals surface area contributed by atoms with Crippen LogP contribution in [0.2, 0.25) is 0 Å². The van der Waals surface area contributed by atoms with Gasteiger partial charge in [-0.05, 0) is 26.7 Å². The van der Waals surface area contributed by atoms with E-state index in [1.54, 1.807) is 0 Å². The van der Waals surface area contributed by atoms with Crippen LogP contribution in [-0.2, 0) is 14.2 Å². The molecule has 4 unspecified atom stereocenters. The molecule has 4 nitrogen and oxygen atoms in total. The first-order valence-corrected chi connectivity index (χ1v) is 5.76. The second-order valence-corrected chi connectivity index (χ2v) is 4.87. The van der Waals surface area contributed by atoms with Crippen molar-refractivity contribution < 1.29 is 14.2 Å². The molecule has 1 saturated carbocycles. The van der Waals surface area contributed by atoms with Crippen LogP contribution in [0.1, 0.15) is 33.6 Å². The molecule has 4 heteroatoms. The average Bonchev–Trinajstić information content (AvgIpc) is 2.60. The molecule has 1 aliphatic carbocycles. The molecule has 0 bridgehead atoms. The predicted octanol–water partition coefficient (Wildman–Crippen LogP) is 1.03. The lowest BCUT2D eigenvalue weighted by molar-refractivity contribution is -0.167. The molecule has 0 spiro atoms. The summed E-state index contributed by atoms with van der Waals surface area (Å²) in [5.74, 6) is -0.513. The standard InChI is InChI=1S/C11H21NO3/c1-4-5-13-8-6-7(12)9-10(8)15-11(2,3)14-9/h7-10H,4-6,12H2,1-3H3. The third kappa shape index (κ3) is 2.18. The summed E-state index contributed by atoms with van der Waals surface area (Å²) in [6.07, 6.45) is 1.98. The van der Waals surface area contributed by atoms with E-state index in [-0.39, 0.29) is 24.4 Å². The van der Waals surface area contributed by atoms with Gasteiger partial charge in [-0.25, -0.2) is 0 Å². The highest BCUT2D eigenvalue weighted by atomic mass is 16.8. The summed E-state index contributed by atoms with van der Waals surface area (Å²) >= 11 is 0. The van der Waals surface area contributed by atoms with Crippen molar-refractivity contribution in [3.63, 3.8) is 0 Å². The highest BCUT2D eigenvalue weighted by molar-refractivity contribution is 5.01. The van der Waals surface area contributed by atoms with E-state index in [0.717, 1.165) is 19.4 Å². The van der Waals surface area contributed by atoms with Gasteiger partial charge < -0.3 is 19.9 Å². The Kier molecular flexibility index (Phi) is 3.03. The van der Waals surface area contributed by atoms with Crippen LogP contribution in [0, 0.1) is 0 Å². The Hall–Kier alpha value is -0.160. The average molecular weight is 215 g/mol. The van der Waals surface area contributed by atoms with Crippen LogP contribution in [0.3, 0.4) is 0 Å². The van der Waals surface area contributed by atoms with Gasteiger partial charge in [0, 0.05) is 12.6 Å². The topological polar surface area (TPSA) is 53.7 Å². The maximum absolute atomic E-state index is 6.02. The second kappa shape index (κ2) is 4.01. The van der Waals surface area contributed by atoms with Crippen LogP contribution < -0.4 is 5.73 Å². The van der Waals surface area contributed by atoms with Gasteiger partial charge in [-0.1, -0.05) is 6.92 Å². The summed E-state index contributed by atoms with van der Waals surface area (Å²) in [5, 5.41) is 0. The molecule has 2 aliphatic rings. The number of fused-ring (bicyclic) bond motifs is 1. The molecule has 0 aromatic heterocycles. The van der Waals surface area contributed by atoms with Crippen molar-refractivity contribution in [2.75, 3.05) is 6.61 Å². The molecule has 0 aromatic rings. The molecule has 2 rings (SSSR count). The molecule has 0 aromatic carbocycles. The van der Waals surface area contributed by atoms with Gasteiger partial charge in [0.15, 0.2) is 5.79 Å². The van der Waals surface area contributed by atoms with Crippen molar-refractivity contribution in [3.05, 3.63) is 0 Å². The van der Waals surface area contributed by atoms with Crippen molar-refractivity contribution in [1.29, 1.82) is 0 Å². The van der Waals surface area contributed by atoms with Crippen LogP contribution in [0.25, 0.3) is 0 Å². The van der Waals surface area contributed by atoms with E-state index >= 15 is 0 Å². The summed E-state index contributed by atoms with van der Waals surface area (Å²) in [6, 6.07) is 0.0404.